The molecular formula is C12H19NO3S. The predicted molar refractivity (Wildman–Crippen MR) is 67.2 cm³/mol. The molecule has 0 bridgehead atoms. The van der Waals surface area contributed by atoms with Gasteiger partial charge in [0.05, 0.1) is 13.2 Å². The first-order chi connectivity index (χ1) is 7.98. The summed E-state index contributed by atoms with van der Waals surface area (Å²) in [5.74, 6) is -0.356. The van der Waals surface area contributed by atoms with Gasteiger partial charge in [0.2, 0.25) is 0 Å². The Bertz CT molecular complexity index is 374. The van der Waals surface area contributed by atoms with Crippen molar-refractivity contribution in [1.82, 2.24) is 4.98 Å². The summed E-state index contributed by atoms with van der Waals surface area (Å²) in [7, 11) is 1.60. The van der Waals surface area contributed by atoms with Gasteiger partial charge in [-0.05, 0) is 11.8 Å². The standard InChI is InChI=1S/C12H19NO3S/c1-5-12(2,3)8-16-11(14)9-7-17-10(13-9)6-15-4/h7H,5-6,8H2,1-4H3. The summed E-state index contributed by atoms with van der Waals surface area (Å²) in [6, 6.07) is 0. The average molecular weight is 257 g/mol. The topological polar surface area (TPSA) is 48.4 Å². The summed E-state index contributed by atoms with van der Waals surface area (Å²) in [6.45, 7) is 7.06. The van der Waals surface area contributed by atoms with Crippen LogP contribution in [0.2, 0.25) is 0 Å². The number of aromatic nitrogens is 1. The summed E-state index contributed by atoms with van der Waals surface area (Å²) in [4.78, 5) is 15.9. The van der Waals surface area contributed by atoms with Crippen molar-refractivity contribution in [2.75, 3.05) is 13.7 Å². The van der Waals surface area contributed by atoms with Gasteiger partial charge in [-0.1, -0.05) is 20.8 Å². The molecule has 0 aliphatic carbocycles. The Morgan fingerprint density at radius 3 is 2.82 bits per heavy atom. The number of carbonyl (C=O) groups excluding carboxylic acids is 1. The third-order valence-electron chi connectivity index (χ3n) is 2.58. The van der Waals surface area contributed by atoms with Gasteiger partial charge in [-0.2, -0.15) is 0 Å². The Labute approximate surface area is 106 Å². The van der Waals surface area contributed by atoms with Crippen molar-refractivity contribution < 1.29 is 14.3 Å². The zero-order valence-corrected chi connectivity index (χ0v) is 11.6. The second-order valence-electron chi connectivity index (χ2n) is 4.65. The van der Waals surface area contributed by atoms with Gasteiger partial charge in [0.15, 0.2) is 5.69 Å². The SMILES string of the molecule is CCC(C)(C)COC(=O)c1csc(COC)n1. The van der Waals surface area contributed by atoms with E-state index >= 15 is 0 Å². The fourth-order valence-corrected chi connectivity index (χ4v) is 1.76. The first kappa shape index (κ1) is 14.1. The van der Waals surface area contributed by atoms with E-state index in [0.29, 0.717) is 18.9 Å². The van der Waals surface area contributed by atoms with Crippen molar-refractivity contribution >= 4 is 17.3 Å². The van der Waals surface area contributed by atoms with E-state index in [4.69, 9.17) is 9.47 Å². The summed E-state index contributed by atoms with van der Waals surface area (Å²) in [5, 5.41) is 2.49. The number of ether oxygens (including phenoxy) is 2. The van der Waals surface area contributed by atoms with Crippen molar-refractivity contribution in [1.29, 1.82) is 0 Å². The van der Waals surface area contributed by atoms with Gasteiger partial charge in [0.25, 0.3) is 0 Å². The molecule has 0 amide bonds. The molecule has 5 heteroatoms. The number of esters is 1. The fraction of sp³-hybridized carbons (Fsp3) is 0.667. The van der Waals surface area contributed by atoms with Crippen molar-refractivity contribution in [3.63, 3.8) is 0 Å². The second-order valence-corrected chi connectivity index (χ2v) is 5.60. The Hall–Kier alpha value is -0.940. The molecule has 4 nitrogen and oxygen atoms in total. The number of thiazole rings is 1. The molecule has 0 unspecified atom stereocenters. The lowest BCUT2D eigenvalue weighted by molar-refractivity contribution is 0.0329. The number of carbonyl (C=O) groups is 1. The van der Waals surface area contributed by atoms with Gasteiger partial charge in [-0.15, -0.1) is 11.3 Å². The molecule has 0 saturated carbocycles. The largest absolute Gasteiger partial charge is 0.460 e. The number of hydrogen-bond acceptors (Lipinski definition) is 5. The van der Waals surface area contributed by atoms with Crippen LogP contribution in [-0.2, 0) is 16.1 Å². The Kier molecular flexibility index (Phi) is 5.08. The molecule has 0 aromatic carbocycles. The van der Waals surface area contributed by atoms with E-state index in [2.05, 4.69) is 25.8 Å². The number of methoxy groups -OCH3 is 1. The van der Waals surface area contributed by atoms with Crippen LogP contribution in [0.1, 0.15) is 42.7 Å². The summed E-state index contributed by atoms with van der Waals surface area (Å²) in [6.07, 6.45) is 0.965. The van der Waals surface area contributed by atoms with Crippen LogP contribution in [0.3, 0.4) is 0 Å². The van der Waals surface area contributed by atoms with Gasteiger partial charge >= 0.3 is 5.97 Å². The molecular weight excluding hydrogens is 238 g/mol. The van der Waals surface area contributed by atoms with Crippen LogP contribution < -0.4 is 0 Å². The van der Waals surface area contributed by atoms with Crippen molar-refractivity contribution in [2.45, 2.75) is 33.8 Å². The Balaban J connectivity index is 2.52. The van der Waals surface area contributed by atoms with Crippen molar-refractivity contribution in [3.05, 3.63) is 16.1 Å². The molecule has 0 fully saturated rings. The molecule has 0 aliphatic rings. The number of hydrogen-bond donors (Lipinski definition) is 0. The zero-order valence-electron chi connectivity index (χ0n) is 10.8. The van der Waals surface area contributed by atoms with Gasteiger partial charge in [-0.25, -0.2) is 9.78 Å². The Morgan fingerprint density at radius 2 is 2.24 bits per heavy atom. The summed E-state index contributed by atoms with van der Waals surface area (Å²) >= 11 is 1.40. The first-order valence-corrected chi connectivity index (χ1v) is 6.47. The van der Waals surface area contributed by atoms with Gasteiger partial charge in [-0.3, -0.25) is 0 Å². The highest BCUT2D eigenvalue weighted by Gasteiger charge is 2.19. The van der Waals surface area contributed by atoms with Crippen LogP contribution in [0, 0.1) is 5.41 Å². The van der Waals surface area contributed by atoms with Gasteiger partial charge in [0.1, 0.15) is 5.01 Å². The maximum absolute atomic E-state index is 11.7. The van der Waals surface area contributed by atoms with Crippen molar-refractivity contribution in [2.24, 2.45) is 5.41 Å². The molecule has 0 atom stereocenters. The third-order valence-corrected chi connectivity index (χ3v) is 3.40. The Morgan fingerprint density at radius 1 is 1.53 bits per heavy atom. The van der Waals surface area contributed by atoms with E-state index in [1.807, 2.05) is 0 Å². The van der Waals surface area contributed by atoms with Crippen LogP contribution >= 0.6 is 11.3 Å². The highest BCUT2D eigenvalue weighted by molar-refractivity contribution is 7.09. The third kappa shape index (κ3) is 4.44. The number of nitrogens with zero attached hydrogens (tertiary/aromatic N) is 1. The molecule has 1 aromatic rings. The van der Waals surface area contributed by atoms with Gasteiger partial charge in [0, 0.05) is 12.5 Å². The highest BCUT2D eigenvalue weighted by Crippen LogP contribution is 2.20. The molecule has 17 heavy (non-hydrogen) atoms. The molecule has 0 N–H and O–H groups in total. The fourth-order valence-electron chi connectivity index (χ4n) is 1.03. The number of rotatable bonds is 6. The summed E-state index contributed by atoms with van der Waals surface area (Å²) < 4.78 is 10.2. The molecule has 0 aliphatic heterocycles. The van der Waals surface area contributed by atoms with E-state index in [1.54, 1.807) is 12.5 Å². The summed E-state index contributed by atoms with van der Waals surface area (Å²) in [5.41, 5.74) is 0.384. The smallest absolute Gasteiger partial charge is 0.357 e. The minimum atomic E-state index is -0.356. The lowest BCUT2D eigenvalue weighted by atomic mass is 9.92. The molecule has 0 radical (unpaired) electrons. The van der Waals surface area contributed by atoms with E-state index in [1.165, 1.54) is 11.3 Å². The van der Waals surface area contributed by atoms with Crippen LogP contribution in [0.5, 0.6) is 0 Å². The van der Waals surface area contributed by atoms with Crippen LogP contribution in [-0.4, -0.2) is 24.7 Å². The van der Waals surface area contributed by atoms with E-state index in [9.17, 15) is 4.79 Å². The normalized spacial score (nSPS) is 11.5. The zero-order chi connectivity index (χ0) is 12.9. The molecule has 1 aromatic heterocycles. The van der Waals surface area contributed by atoms with E-state index < -0.39 is 0 Å². The average Bonchev–Trinajstić information content (AvgIpc) is 2.75. The quantitative estimate of drug-likeness (QED) is 0.735. The lowest BCUT2D eigenvalue weighted by Gasteiger charge is -2.21. The molecule has 1 heterocycles. The lowest BCUT2D eigenvalue weighted by Crippen LogP contribution is -2.21. The van der Waals surface area contributed by atoms with Crippen LogP contribution in [0.4, 0.5) is 0 Å². The molecule has 0 spiro atoms. The monoisotopic (exact) mass is 257 g/mol. The van der Waals surface area contributed by atoms with Crippen LogP contribution in [0.25, 0.3) is 0 Å². The maximum Gasteiger partial charge on any atom is 0.357 e. The first-order valence-electron chi connectivity index (χ1n) is 5.59. The minimum Gasteiger partial charge on any atom is -0.460 e. The molecule has 1 rings (SSSR count). The molecule has 0 saturated heterocycles. The maximum atomic E-state index is 11.7. The van der Waals surface area contributed by atoms with E-state index in [-0.39, 0.29) is 11.4 Å². The second kappa shape index (κ2) is 6.12. The van der Waals surface area contributed by atoms with E-state index in [0.717, 1.165) is 11.4 Å². The van der Waals surface area contributed by atoms with Crippen molar-refractivity contribution in [3.8, 4) is 0 Å². The minimum absolute atomic E-state index is 0.0149. The molecule has 96 valence electrons. The predicted octanol–water partition coefficient (Wildman–Crippen LogP) is 2.88. The highest BCUT2D eigenvalue weighted by atomic mass is 32.1. The van der Waals surface area contributed by atoms with Gasteiger partial charge < -0.3 is 9.47 Å². The van der Waals surface area contributed by atoms with Crippen LogP contribution in [0.15, 0.2) is 5.38 Å².